The van der Waals surface area contributed by atoms with Crippen LogP contribution in [0, 0.1) is 0 Å². The van der Waals surface area contributed by atoms with E-state index >= 15 is 0 Å². The van der Waals surface area contributed by atoms with E-state index in [9.17, 15) is 9.90 Å². The van der Waals surface area contributed by atoms with Gasteiger partial charge in [-0.25, -0.2) is 0 Å². The van der Waals surface area contributed by atoms with E-state index in [2.05, 4.69) is 5.32 Å². The molecule has 20 heavy (non-hydrogen) atoms. The van der Waals surface area contributed by atoms with Crippen LogP contribution < -0.4 is 5.32 Å². The monoisotopic (exact) mass is 292 g/mol. The molecule has 0 bridgehead atoms. The molecule has 2 heterocycles. The molecule has 0 saturated heterocycles. The van der Waals surface area contributed by atoms with Crippen molar-refractivity contribution in [2.24, 2.45) is 0 Å². The van der Waals surface area contributed by atoms with Crippen molar-refractivity contribution in [3.63, 3.8) is 0 Å². The topological polar surface area (TPSA) is 54.3 Å². The van der Waals surface area contributed by atoms with E-state index in [1.54, 1.807) is 0 Å². The van der Waals surface area contributed by atoms with Crippen LogP contribution in [0.15, 0.2) is 36.0 Å². The second kappa shape index (κ2) is 6.24. The van der Waals surface area contributed by atoms with Gasteiger partial charge in [0.1, 0.15) is 4.88 Å². The Hall–Kier alpha value is -1.59. The summed E-state index contributed by atoms with van der Waals surface area (Å²) in [7, 11) is 0. The van der Waals surface area contributed by atoms with Crippen LogP contribution in [0.1, 0.15) is 36.4 Å². The van der Waals surface area contributed by atoms with E-state index in [4.69, 9.17) is 0 Å². The van der Waals surface area contributed by atoms with E-state index in [1.165, 1.54) is 11.3 Å². The highest BCUT2D eigenvalue weighted by Gasteiger charge is 2.24. The van der Waals surface area contributed by atoms with Crippen LogP contribution in [0.5, 0.6) is 0 Å². The van der Waals surface area contributed by atoms with Crippen LogP contribution in [-0.2, 0) is 0 Å². The number of carbonyl (C=O) groups excluding carboxylic acids is 1. The Morgan fingerprint density at radius 2 is 2.00 bits per heavy atom. The zero-order valence-corrected chi connectivity index (χ0v) is 12.6. The van der Waals surface area contributed by atoms with Crippen LogP contribution in [0.4, 0.5) is 0 Å². The number of aromatic nitrogens is 1. The molecule has 0 aromatic carbocycles. The van der Waals surface area contributed by atoms with Crippen LogP contribution in [0.25, 0.3) is 5.69 Å². The van der Waals surface area contributed by atoms with Gasteiger partial charge in [-0.2, -0.15) is 0 Å². The van der Waals surface area contributed by atoms with Crippen LogP contribution in [-0.4, -0.2) is 27.7 Å². The lowest BCUT2D eigenvalue weighted by Crippen LogP contribution is -2.42. The summed E-state index contributed by atoms with van der Waals surface area (Å²) in [6, 6.07) is 5.77. The smallest absolute Gasteiger partial charge is 0.263 e. The van der Waals surface area contributed by atoms with Crippen molar-refractivity contribution in [3.8, 4) is 5.69 Å². The SMILES string of the molecule is CCC(O)(CC)CNC(=O)c1sccc1-n1cccc1. The lowest BCUT2D eigenvalue weighted by Gasteiger charge is -2.25. The van der Waals surface area contributed by atoms with Gasteiger partial charge in [0.2, 0.25) is 0 Å². The number of aliphatic hydroxyl groups is 1. The van der Waals surface area contributed by atoms with Crippen molar-refractivity contribution in [1.29, 1.82) is 0 Å². The van der Waals surface area contributed by atoms with E-state index in [0.717, 1.165) is 5.69 Å². The molecule has 5 heteroatoms. The van der Waals surface area contributed by atoms with Gasteiger partial charge in [-0.3, -0.25) is 4.79 Å². The number of nitrogens with one attached hydrogen (secondary N) is 1. The van der Waals surface area contributed by atoms with Gasteiger partial charge in [0.05, 0.1) is 11.3 Å². The van der Waals surface area contributed by atoms with E-state index in [0.29, 0.717) is 17.7 Å². The first-order valence-corrected chi connectivity index (χ1v) is 7.69. The quantitative estimate of drug-likeness (QED) is 0.860. The molecule has 2 rings (SSSR count). The third kappa shape index (κ3) is 3.11. The lowest BCUT2D eigenvalue weighted by molar-refractivity contribution is 0.0314. The summed E-state index contributed by atoms with van der Waals surface area (Å²) in [5.41, 5.74) is 0.0506. The van der Waals surface area contributed by atoms with Gasteiger partial charge in [0, 0.05) is 18.9 Å². The summed E-state index contributed by atoms with van der Waals surface area (Å²) in [6.07, 6.45) is 5.07. The second-order valence-electron chi connectivity index (χ2n) is 4.84. The fourth-order valence-corrected chi connectivity index (χ4v) is 2.80. The first kappa shape index (κ1) is 14.8. The number of thiophene rings is 1. The molecule has 0 aliphatic rings. The van der Waals surface area contributed by atoms with Crippen molar-refractivity contribution in [1.82, 2.24) is 9.88 Å². The lowest BCUT2D eigenvalue weighted by atomic mass is 9.97. The molecule has 2 N–H and O–H groups in total. The first-order chi connectivity index (χ1) is 9.59. The number of carbonyl (C=O) groups is 1. The van der Waals surface area contributed by atoms with Crippen molar-refractivity contribution < 1.29 is 9.90 Å². The summed E-state index contributed by atoms with van der Waals surface area (Å²) in [5, 5.41) is 14.9. The normalized spacial score (nSPS) is 11.6. The average molecular weight is 292 g/mol. The molecule has 0 fully saturated rings. The number of amides is 1. The number of hydrogen-bond donors (Lipinski definition) is 2. The minimum absolute atomic E-state index is 0.135. The Morgan fingerprint density at radius 3 is 2.60 bits per heavy atom. The molecule has 0 spiro atoms. The molecule has 0 radical (unpaired) electrons. The molecular formula is C15H20N2O2S. The number of hydrogen-bond acceptors (Lipinski definition) is 3. The highest BCUT2D eigenvalue weighted by molar-refractivity contribution is 7.12. The van der Waals surface area contributed by atoms with E-state index in [-0.39, 0.29) is 12.5 Å². The Labute approximate surface area is 123 Å². The minimum atomic E-state index is -0.819. The van der Waals surface area contributed by atoms with Crippen LogP contribution >= 0.6 is 11.3 Å². The largest absolute Gasteiger partial charge is 0.388 e. The maximum absolute atomic E-state index is 12.3. The number of nitrogens with zero attached hydrogens (tertiary/aromatic N) is 1. The summed E-state index contributed by atoms with van der Waals surface area (Å²) in [4.78, 5) is 12.9. The van der Waals surface area contributed by atoms with Crippen molar-refractivity contribution in [3.05, 3.63) is 40.8 Å². The fraction of sp³-hybridized carbons (Fsp3) is 0.400. The Bertz CT molecular complexity index is 556. The highest BCUT2D eigenvalue weighted by atomic mass is 32.1. The summed E-state index contributed by atoms with van der Waals surface area (Å²) in [5.74, 6) is -0.135. The average Bonchev–Trinajstić information content (AvgIpc) is 3.13. The standard InChI is InChI=1S/C15H20N2O2S/c1-3-15(19,4-2)11-16-14(18)13-12(7-10-20-13)17-8-5-6-9-17/h5-10,19H,3-4,11H2,1-2H3,(H,16,18). The zero-order chi connectivity index (χ0) is 14.6. The predicted molar refractivity (Wildman–Crippen MR) is 81.5 cm³/mol. The third-order valence-electron chi connectivity index (χ3n) is 3.63. The summed E-state index contributed by atoms with van der Waals surface area (Å²) in [6.45, 7) is 4.12. The van der Waals surface area contributed by atoms with Crippen LogP contribution in [0.3, 0.4) is 0 Å². The molecule has 1 amide bonds. The van der Waals surface area contributed by atoms with E-state index < -0.39 is 5.60 Å². The van der Waals surface area contributed by atoms with E-state index in [1.807, 2.05) is 54.4 Å². The van der Waals surface area contributed by atoms with Gasteiger partial charge in [-0.15, -0.1) is 11.3 Å². The molecule has 108 valence electrons. The predicted octanol–water partition coefficient (Wildman–Crippen LogP) is 2.82. The molecule has 2 aromatic heterocycles. The van der Waals surface area contributed by atoms with Gasteiger partial charge in [-0.1, -0.05) is 13.8 Å². The van der Waals surface area contributed by atoms with Gasteiger partial charge in [0.15, 0.2) is 0 Å². The van der Waals surface area contributed by atoms with Gasteiger partial charge < -0.3 is 15.0 Å². The Morgan fingerprint density at radius 1 is 1.35 bits per heavy atom. The molecule has 0 atom stereocenters. The minimum Gasteiger partial charge on any atom is -0.388 e. The molecule has 0 aliphatic carbocycles. The summed E-state index contributed by atoms with van der Waals surface area (Å²) < 4.78 is 1.91. The Kier molecular flexibility index (Phi) is 4.62. The maximum Gasteiger partial charge on any atom is 0.263 e. The van der Waals surface area contributed by atoms with Gasteiger partial charge >= 0.3 is 0 Å². The van der Waals surface area contributed by atoms with Gasteiger partial charge in [-0.05, 0) is 36.4 Å². The molecule has 0 aliphatic heterocycles. The summed E-state index contributed by atoms with van der Waals surface area (Å²) >= 11 is 1.41. The number of rotatable bonds is 6. The second-order valence-corrected chi connectivity index (χ2v) is 5.76. The Balaban J connectivity index is 2.09. The molecular weight excluding hydrogens is 272 g/mol. The molecule has 4 nitrogen and oxygen atoms in total. The fourth-order valence-electron chi connectivity index (χ4n) is 2.00. The maximum atomic E-state index is 12.3. The van der Waals surface area contributed by atoms with Crippen LogP contribution in [0.2, 0.25) is 0 Å². The third-order valence-corrected chi connectivity index (χ3v) is 4.53. The molecule has 2 aromatic rings. The van der Waals surface area contributed by atoms with Gasteiger partial charge in [0.25, 0.3) is 5.91 Å². The van der Waals surface area contributed by atoms with Crippen molar-refractivity contribution >= 4 is 17.2 Å². The zero-order valence-electron chi connectivity index (χ0n) is 11.8. The first-order valence-electron chi connectivity index (χ1n) is 6.81. The molecule has 0 unspecified atom stereocenters. The van der Waals surface area contributed by atoms with Crippen molar-refractivity contribution in [2.45, 2.75) is 32.3 Å². The highest BCUT2D eigenvalue weighted by Crippen LogP contribution is 2.21. The van der Waals surface area contributed by atoms with Crippen molar-refractivity contribution in [2.75, 3.05) is 6.54 Å². The molecule has 0 saturated carbocycles.